The number of hydrogen-bond acceptors (Lipinski definition) is 5. The van der Waals surface area contributed by atoms with E-state index < -0.39 is 6.04 Å². The van der Waals surface area contributed by atoms with Gasteiger partial charge in [-0.25, -0.2) is 4.79 Å². The Morgan fingerprint density at radius 2 is 1.92 bits per heavy atom. The van der Waals surface area contributed by atoms with Crippen LogP contribution in [0.5, 0.6) is 0 Å². The Balaban J connectivity index is 1.71. The van der Waals surface area contributed by atoms with Gasteiger partial charge in [0, 0.05) is 10.4 Å². The maximum absolute atomic E-state index is 12.3. The van der Waals surface area contributed by atoms with E-state index in [9.17, 15) is 9.59 Å². The number of fused-ring (bicyclic) bond motifs is 1. The number of carbonyl (C=O) groups excluding carboxylic acids is 2. The molecule has 0 spiro atoms. The molecule has 0 bridgehead atoms. The zero-order valence-corrected chi connectivity index (χ0v) is 14.5. The van der Waals surface area contributed by atoms with Crippen LogP contribution in [-0.2, 0) is 16.0 Å². The lowest BCUT2D eigenvalue weighted by Crippen LogP contribution is -2.37. The van der Waals surface area contributed by atoms with E-state index >= 15 is 0 Å². The van der Waals surface area contributed by atoms with Crippen LogP contribution in [0.1, 0.15) is 15.2 Å². The zero-order chi connectivity index (χ0) is 17.8. The Bertz CT molecular complexity index is 905. The van der Waals surface area contributed by atoms with Crippen LogP contribution in [-0.4, -0.2) is 25.0 Å². The lowest BCUT2D eigenvalue weighted by molar-refractivity contribution is -0.117. The zero-order valence-electron chi connectivity index (χ0n) is 13.7. The number of benzene rings is 2. The summed E-state index contributed by atoms with van der Waals surface area (Å²) in [5, 5.41) is 3.71. The lowest BCUT2D eigenvalue weighted by Gasteiger charge is -2.12. The summed E-state index contributed by atoms with van der Waals surface area (Å²) in [6.07, 6.45) is 0.472. The van der Waals surface area contributed by atoms with Crippen LogP contribution >= 0.6 is 11.3 Å². The van der Waals surface area contributed by atoms with Gasteiger partial charge in [0.2, 0.25) is 5.91 Å². The highest BCUT2D eigenvalue weighted by atomic mass is 32.1. The van der Waals surface area contributed by atoms with Crippen molar-refractivity contribution in [1.29, 1.82) is 0 Å². The molecule has 0 saturated heterocycles. The van der Waals surface area contributed by atoms with Gasteiger partial charge in [0.05, 0.1) is 13.2 Å². The molecule has 3 N–H and O–H groups in total. The predicted molar refractivity (Wildman–Crippen MR) is 99.9 cm³/mol. The van der Waals surface area contributed by atoms with Crippen LogP contribution in [0.15, 0.2) is 54.6 Å². The molecule has 0 aliphatic rings. The third kappa shape index (κ3) is 4.04. The molecule has 1 atom stereocenters. The highest BCUT2D eigenvalue weighted by molar-refractivity contribution is 7.20. The first-order chi connectivity index (χ1) is 12.1. The molecule has 0 aliphatic carbocycles. The van der Waals surface area contributed by atoms with E-state index in [1.54, 1.807) is 12.1 Å². The molecule has 3 rings (SSSR count). The summed E-state index contributed by atoms with van der Waals surface area (Å²) in [6, 6.07) is 16.3. The maximum atomic E-state index is 12.3. The molecule has 1 heterocycles. The summed E-state index contributed by atoms with van der Waals surface area (Å²) in [7, 11) is 1.35. The number of ether oxygens (including phenoxy) is 1. The number of amides is 1. The van der Waals surface area contributed by atoms with Gasteiger partial charge in [-0.15, -0.1) is 11.3 Å². The molecule has 0 saturated carbocycles. The molecule has 0 radical (unpaired) electrons. The normalized spacial score (nSPS) is 11.9. The van der Waals surface area contributed by atoms with E-state index in [0.29, 0.717) is 17.0 Å². The molecule has 6 heteroatoms. The van der Waals surface area contributed by atoms with E-state index in [0.717, 1.165) is 15.6 Å². The second kappa shape index (κ2) is 7.46. The Labute approximate surface area is 149 Å². The molecule has 3 aromatic rings. The van der Waals surface area contributed by atoms with E-state index in [1.165, 1.54) is 18.4 Å². The van der Waals surface area contributed by atoms with Crippen LogP contribution < -0.4 is 11.1 Å². The van der Waals surface area contributed by atoms with Gasteiger partial charge in [0.15, 0.2) is 0 Å². The van der Waals surface area contributed by atoms with Gasteiger partial charge in [-0.05, 0) is 41.6 Å². The van der Waals surface area contributed by atoms with Crippen LogP contribution in [0.3, 0.4) is 0 Å². The van der Waals surface area contributed by atoms with Crippen molar-refractivity contribution in [2.45, 2.75) is 12.5 Å². The lowest BCUT2D eigenvalue weighted by atomic mass is 10.1. The smallest absolute Gasteiger partial charge is 0.348 e. The van der Waals surface area contributed by atoms with Crippen LogP contribution in [0.2, 0.25) is 0 Å². The molecule has 0 aliphatic heterocycles. The van der Waals surface area contributed by atoms with Crippen LogP contribution in [0.4, 0.5) is 5.69 Å². The van der Waals surface area contributed by atoms with Gasteiger partial charge < -0.3 is 15.8 Å². The first-order valence-corrected chi connectivity index (χ1v) is 8.61. The third-order valence-electron chi connectivity index (χ3n) is 3.81. The fourth-order valence-electron chi connectivity index (χ4n) is 2.52. The number of nitrogens with two attached hydrogens (primary N) is 1. The molecule has 5 nitrogen and oxygen atoms in total. The predicted octanol–water partition coefficient (Wildman–Crippen LogP) is 3.20. The van der Waals surface area contributed by atoms with Crippen molar-refractivity contribution in [3.05, 3.63) is 65.0 Å². The van der Waals surface area contributed by atoms with Crippen molar-refractivity contribution in [2.75, 3.05) is 12.4 Å². The van der Waals surface area contributed by atoms with Crippen molar-refractivity contribution in [2.24, 2.45) is 5.73 Å². The SMILES string of the molecule is COC(=O)c1cc2cc(NC(=O)C(N)Cc3ccccc3)ccc2s1. The molecule has 0 fully saturated rings. The minimum absolute atomic E-state index is 0.244. The number of anilines is 1. The van der Waals surface area contributed by atoms with E-state index in [1.807, 2.05) is 42.5 Å². The topological polar surface area (TPSA) is 81.4 Å². The van der Waals surface area contributed by atoms with E-state index in [-0.39, 0.29) is 11.9 Å². The second-order valence-corrected chi connectivity index (χ2v) is 6.72. The molecule has 2 aromatic carbocycles. The highest BCUT2D eigenvalue weighted by Crippen LogP contribution is 2.28. The molecular weight excluding hydrogens is 336 g/mol. The first kappa shape index (κ1) is 17.1. The third-order valence-corrected chi connectivity index (χ3v) is 4.90. The average molecular weight is 354 g/mol. The van der Waals surface area contributed by atoms with Crippen LogP contribution in [0, 0.1) is 0 Å². The number of rotatable bonds is 5. The average Bonchev–Trinajstić information content (AvgIpc) is 3.05. The van der Waals surface area contributed by atoms with Gasteiger partial charge in [0.25, 0.3) is 0 Å². The van der Waals surface area contributed by atoms with Crippen molar-refractivity contribution < 1.29 is 14.3 Å². The Kier molecular flexibility index (Phi) is 5.11. The van der Waals surface area contributed by atoms with Gasteiger partial charge in [0.1, 0.15) is 4.88 Å². The second-order valence-electron chi connectivity index (χ2n) is 5.64. The van der Waals surface area contributed by atoms with Gasteiger partial charge in [-0.1, -0.05) is 30.3 Å². The summed E-state index contributed by atoms with van der Waals surface area (Å²) in [6.45, 7) is 0. The van der Waals surface area contributed by atoms with Crippen LogP contribution in [0.25, 0.3) is 10.1 Å². The van der Waals surface area contributed by atoms with Crippen molar-refractivity contribution in [1.82, 2.24) is 0 Å². The minimum atomic E-state index is -0.633. The number of thiophene rings is 1. The van der Waals surface area contributed by atoms with E-state index in [2.05, 4.69) is 5.32 Å². The molecule has 1 unspecified atom stereocenters. The number of carbonyl (C=O) groups is 2. The quantitative estimate of drug-likeness (QED) is 0.690. The molecule has 128 valence electrons. The standard InChI is InChI=1S/C19H18N2O3S/c1-24-19(23)17-11-13-10-14(7-8-16(13)25-17)21-18(22)15(20)9-12-5-3-2-4-6-12/h2-8,10-11,15H,9,20H2,1H3,(H,21,22). The van der Waals surface area contributed by atoms with Gasteiger partial charge in [-0.3, -0.25) is 4.79 Å². The summed E-state index contributed by atoms with van der Waals surface area (Å²) in [5.74, 6) is -0.608. The van der Waals surface area contributed by atoms with Crippen molar-refractivity contribution >= 4 is 39.0 Å². The minimum Gasteiger partial charge on any atom is -0.465 e. The number of hydrogen-bond donors (Lipinski definition) is 2. The Morgan fingerprint density at radius 1 is 1.16 bits per heavy atom. The van der Waals surface area contributed by atoms with Gasteiger partial charge >= 0.3 is 5.97 Å². The fraction of sp³-hybridized carbons (Fsp3) is 0.158. The van der Waals surface area contributed by atoms with Gasteiger partial charge in [-0.2, -0.15) is 0 Å². The first-order valence-electron chi connectivity index (χ1n) is 7.79. The Morgan fingerprint density at radius 3 is 2.64 bits per heavy atom. The van der Waals surface area contributed by atoms with E-state index in [4.69, 9.17) is 10.5 Å². The number of methoxy groups -OCH3 is 1. The molecular formula is C19H18N2O3S. The number of esters is 1. The largest absolute Gasteiger partial charge is 0.465 e. The van der Waals surface area contributed by atoms with Crippen molar-refractivity contribution in [3.8, 4) is 0 Å². The monoisotopic (exact) mass is 354 g/mol. The van der Waals surface area contributed by atoms with Crippen molar-refractivity contribution in [3.63, 3.8) is 0 Å². The molecule has 25 heavy (non-hydrogen) atoms. The molecule has 1 amide bonds. The summed E-state index contributed by atoms with van der Waals surface area (Å²) < 4.78 is 5.68. The highest BCUT2D eigenvalue weighted by Gasteiger charge is 2.15. The summed E-state index contributed by atoms with van der Waals surface area (Å²) in [5.41, 5.74) is 7.66. The fourth-order valence-corrected chi connectivity index (χ4v) is 3.48. The molecule has 1 aromatic heterocycles. The maximum Gasteiger partial charge on any atom is 0.348 e. The summed E-state index contributed by atoms with van der Waals surface area (Å²) in [4.78, 5) is 24.4. The summed E-state index contributed by atoms with van der Waals surface area (Å²) >= 11 is 1.35. The number of nitrogens with one attached hydrogen (secondary N) is 1. The Hall–Kier alpha value is -2.70.